The van der Waals surface area contributed by atoms with Crippen LogP contribution in [0.15, 0.2) is 154 Å². The number of benzene rings is 6. The molecule has 0 fully saturated rings. The molecule has 0 aliphatic rings. The Balaban J connectivity index is 1.17. The van der Waals surface area contributed by atoms with E-state index < -0.39 is 0 Å². The van der Waals surface area contributed by atoms with Gasteiger partial charge in [-0.2, -0.15) is 0 Å². The third-order valence-corrected chi connectivity index (χ3v) is 8.31. The first-order valence-corrected chi connectivity index (χ1v) is 15.2. The normalized spacial score (nSPS) is 11.3. The van der Waals surface area contributed by atoms with E-state index in [0.717, 1.165) is 54.2 Å². The standard InChI is InChI=1S/C39H24BrN3O/c40-32-10-6-9-30(23-32)27-15-13-25(14-16-27)26-17-19-29(20-18-26)38-41-37(28-7-2-1-3-8-28)42-39(43-38)31-21-22-36-34(24-31)33-11-4-5-12-35(33)44-36/h1-24H. The van der Waals surface area contributed by atoms with E-state index >= 15 is 0 Å². The molecule has 0 amide bonds. The fraction of sp³-hybridized carbons (Fsp3) is 0. The number of rotatable bonds is 5. The molecule has 2 aromatic heterocycles. The van der Waals surface area contributed by atoms with Gasteiger partial charge in [-0.1, -0.05) is 125 Å². The second-order valence-electron chi connectivity index (χ2n) is 10.6. The number of fused-ring (bicyclic) bond motifs is 3. The molecular formula is C39H24BrN3O. The average molecular weight is 631 g/mol. The van der Waals surface area contributed by atoms with E-state index in [9.17, 15) is 0 Å². The Hall–Kier alpha value is -5.39. The molecule has 0 radical (unpaired) electrons. The lowest BCUT2D eigenvalue weighted by Crippen LogP contribution is -2.00. The predicted octanol–water partition coefficient (Wildman–Crippen LogP) is 10.9. The van der Waals surface area contributed by atoms with Crippen molar-refractivity contribution >= 4 is 37.9 Å². The summed E-state index contributed by atoms with van der Waals surface area (Å²) in [6, 6.07) is 49.6. The van der Waals surface area contributed by atoms with E-state index in [2.05, 4.69) is 94.8 Å². The molecule has 0 atom stereocenters. The van der Waals surface area contributed by atoms with Gasteiger partial charge in [0.05, 0.1) is 0 Å². The van der Waals surface area contributed by atoms with E-state index in [1.807, 2.05) is 66.7 Å². The van der Waals surface area contributed by atoms with Crippen LogP contribution in [-0.2, 0) is 0 Å². The number of nitrogens with zero attached hydrogens (tertiary/aromatic N) is 3. The molecule has 0 unspecified atom stereocenters. The van der Waals surface area contributed by atoms with Crippen LogP contribution < -0.4 is 0 Å². The summed E-state index contributed by atoms with van der Waals surface area (Å²) in [7, 11) is 0. The fourth-order valence-electron chi connectivity index (χ4n) is 5.55. The average Bonchev–Trinajstić information content (AvgIpc) is 3.47. The van der Waals surface area contributed by atoms with Crippen molar-refractivity contribution in [3.05, 3.63) is 150 Å². The van der Waals surface area contributed by atoms with Gasteiger partial charge < -0.3 is 4.42 Å². The maximum Gasteiger partial charge on any atom is 0.164 e. The minimum atomic E-state index is 0.619. The zero-order chi connectivity index (χ0) is 29.5. The molecule has 44 heavy (non-hydrogen) atoms. The van der Waals surface area contributed by atoms with Crippen LogP contribution in [0, 0.1) is 0 Å². The van der Waals surface area contributed by atoms with Gasteiger partial charge in [-0.05, 0) is 58.7 Å². The highest BCUT2D eigenvalue weighted by Crippen LogP contribution is 2.33. The summed E-state index contributed by atoms with van der Waals surface area (Å²) in [5, 5.41) is 2.11. The van der Waals surface area contributed by atoms with E-state index in [0.29, 0.717) is 17.5 Å². The summed E-state index contributed by atoms with van der Waals surface area (Å²) in [5.74, 6) is 1.88. The van der Waals surface area contributed by atoms with Crippen molar-refractivity contribution in [3.8, 4) is 56.4 Å². The van der Waals surface area contributed by atoms with Gasteiger partial charge in [0.2, 0.25) is 0 Å². The molecule has 8 aromatic rings. The monoisotopic (exact) mass is 629 g/mol. The molecule has 2 heterocycles. The lowest BCUT2D eigenvalue weighted by molar-refractivity contribution is 0.669. The SMILES string of the molecule is Brc1cccc(-c2ccc(-c3ccc(-c4nc(-c5ccccc5)nc(-c5ccc6oc7ccccc7c6c5)n4)cc3)cc2)c1. The maximum absolute atomic E-state index is 6.06. The maximum atomic E-state index is 6.06. The molecular weight excluding hydrogens is 606 g/mol. The number of aromatic nitrogens is 3. The fourth-order valence-corrected chi connectivity index (χ4v) is 5.95. The number of furan rings is 1. The Kier molecular flexibility index (Phi) is 6.58. The van der Waals surface area contributed by atoms with Crippen LogP contribution in [0.2, 0.25) is 0 Å². The quantitative estimate of drug-likeness (QED) is 0.190. The molecule has 208 valence electrons. The van der Waals surface area contributed by atoms with Crippen LogP contribution in [0.25, 0.3) is 78.4 Å². The van der Waals surface area contributed by atoms with Gasteiger partial charge in [0.15, 0.2) is 17.5 Å². The Morgan fingerprint density at radius 1 is 0.364 bits per heavy atom. The zero-order valence-electron chi connectivity index (χ0n) is 23.5. The minimum absolute atomic E-state index is 0.619. The number of hydrogen-bond acceptors (Lipinski definition) is 4. The van der Waals surface area contributed by atoms with Crippen molar-refractivity contribution < 1.29 is 4.42 Å². The summed E-state index contributed by atoms with van der Waals surface area (Å²) >= 11 is 3.57. The van der Waals surface area contributed by atoms with Crippen LogP contribution >= 0.6 is 15.9 Å². The topological polar surface area (TPSA) is 51.8 Å². The van der Waals surface area contributed by atoms with Gasteiger partial charge in [0.25, 0.3) is 0 Å². The summed E-state index contributed by atoms with van der Waals surface area (Å²) in [6.07, 6.45) is 0. The predicted molar refractivity (Wildman–Crippen MR) is 182 cm³/mol. The summed E-state index contributed by atoms with van der Waals surface area (Å²) in [4.78, 5) is 14.8. The third kappa shape index (κ3) is 4.97. The van der Waals surface area contributed by atoms with Gasteiger partial charge in [-0.15, -0.1) is 0 Å². The summed E-state index contributed by atoms with van der Waals surface area (Å²) < 4.78 is 7.13. The molecule has 0 aliphatic carbocycles. The van der Waals surface area contributed by atoms with Gasteiger partial charge in [0.1, 0.15) is 11.2 Å². The number of hydrogen-bond donors (Lipinski definition) is 0. The minimum Gasteiger partial charge on any atom is -0.456 e. The van der Waals surface area contributed by atoms with Crippen LogP contribution in [0.3, 0.4) is 0 Å². The smallest absolute Gasteiger partial charge is 0.164 e. The Bertz CT molecular complexity index is 2280. The van der Waals surface area contributed by atoms with Crippen LogP contribution in [0.5, 0.6) is 0 Å². The lowest BCUT2D eigenvalue weighted by atomic mass is 9.99. The van der Waals surface area contributed by atoms with Crippen molar-refractivity contribution in [3.63, 3.8) is 0 Å². The molecule has 5 heteroatoms. The van der Waals surface area contributed by atoms with E-state index in [-0.39, 0.29) is 0 Å². The molecule has 0 bridgehead atoms. The molecule has 0 N–H and O–H groups in total. The number of para-hydroxylation sites is 1. The first-order chi connectivity index (χ1) is 21.7. The molecule has 0 saturated heterocycles. The zero-order valence-corrected chi connectivity index (χ0v) is 25.1. The van der Waals surface area contributed by atoms with Crippen molar-refractivity contribution in [2.75, 3.05) is 0 Å². The van der Waals surface area contributed by atoms with Crippen LogP contribution in [0.4, 0.5) is 0 Å². The van der Waals surface area contributed by atoms with Crippen molar-refractivity contribution in [2.45, 2.75) is 0 Å². The van der Waals surface area contributed by atoms with Crippen LogP contribution in [-0.4, -0.2) is 15.0 Å². The van der Waals surface area contributed by atoms with E-state index in [1.165, 1.54) is 11.1 Å². The van der Waals surface area contributed by atoms with Crippen molar-refractivity contribution in [1.29, 1.82) is 0 Å². The van der Waals surface area contributed by atoms with Crippen LogP contribution in [0.1, 0.15) is 0 Å². The second kappa shape index (κ2) is 11.0. The van der Waals surface area contributed by atoms with Crippen molar-refractivity contribution in [2.24, 2.45) is 0 Å². The first-order valence-electron chi connectivity index (χ1n) is 14.4. The van der Waals surface area contributed by atoms with Gasteiger partial charge in [0, 0.05) is 31.9 Å². The largest absolute Gasteiger partial charge is 0.456 e. The Morgan fingerprint density at radius 3 is 1.55 bits per heavy atom. The van der Waals surface area contributed by atoms with Gasteiger partial charge in [-0.3, -0.25) is 0 Å². The lowest BCUT2D eigenvalue weighted by Gasteiger charge is -2.10. The molecule has 6 aromatic carbocycles. The number of halogens is 1. The van der Waals surface area contributed by atoms with E-state index in [1.54, 1.807) is 0 Å². The van der Waals surface area contributed by atoms with E-state index in [4.69, 9.17) is 19.4 Å². The summed E-state index contributed by atoms with van der Waals surface area (Å²) in [5.41, 5.74) is 9.12. The van der Waals surface area contributed by atoms with Gasteiger partial charge >= 0.3 is 0 Å². The molecule has 8 rings (SSSR count). The van der Waals surface area contributed by atoms with Gasteiger partial charge in [-0.25, -0.2) is 15.0 Å². The highest BCUT2D eigenvalue weighted by atomic mass is 79.9. The molecule has 4 nitrogen and oxygen atoms in total. The molecule has 0 spiro atoms. The summed E-state index contributed by atoms with van der Waals surface area (Å²) in [6.45, 7) is 0. The Morgan fingerprint density at radius 2 is 0.864 bits per heavy atom. The first kappa shape index (κ1) is 26.3. The molecule has 0 aliphatic heterocycles. The third-order valence-electron chi connectivity index (χ3n) is 7.82. The highest BCUT2D eigenvalue weighted by molar-refractivity contribution is 9.10. The molecule has 0 saturated carbocycles. The van der Waals surface area contributed by atoms with Crippen molar-refractivity contribution in [1.82, 2.24) is 15.0 Å². The highest BCUT2D eigenvalue weighted by Gasteiger charge is 2.15. The Labute approximate surface area is 262 Å². The second-order valence-corrected chi connectivity index (χ2v) is 11.6.